The van der Waals surface area contributed by atoms with Crippen molar-refractivity contribution in [1.29, 1.82) is 0 Å². The molecule has 2 rings (SSSR count). The highest BCUT2D eigenvalue weighted by molar-refractivity contribution is 5.78. The van der Waals surface area contributed by atoms with E-state index < -0.39 is 0 Å². The maximum Gasteiger partial charge on any atom is 0.203 e. The molecule has 1 aromatic carbocycles. The van der Waals surface area contributed by atoms with E-state index in [9.17, 15) is 5.11 Å². The van der Waals surface area contributed by atoms with Gasteiger partial charge >= 0.3 is 0 Å². The number of benzene rings is 1. The molecule has 16 heavy (non-hydrogen) atoms. The average Bonchev–Trinajstić information content (AvgIpc) is 2.59. The molecule has 4 nitrogen and oxygen atoms in total. The fourth-order valence-electron chi connectivity index (χ4n) is 1.61. The van der Waals surface area contributed by atoms with Crippen molar-refractivity contribution in [2.24, 2.45) is 5.10 Å². The van der Waals surface area contributed by atoms with Crippen molar-refractivity contribution in [3.05, 3.63) is 29.8 Å². The van der Waals surface area contributed by atoms with Crippen LogP contribution in [0.5, 0.6) is 5.75 Å². The van der Waals surface area contributed by atoms with E-state index in [1.54, 1.807) is 11.8 Å². The summed E-state index contributed by atoms with van der Waals surface area (Å²) in [5.74, 6) is 0.761. The molecule has 0 radical (unpaired) electrons. The van der Waals surface area contributed by atoms with Gasteiger partial charge in [0.05, 0.1) is 7.11 Å². The molecule has 84 valence electrons. The first kappa shape index (κ1) is 10.7. The normalized spacial score (nSPS) is 22.2. The SMILES string of the molecule is COc1ccc(C=[N+]2N=C([O-])CC2C)cc1. The predicted octanol–water partition coefficient (Wildman–Crippen LogP) is 0.593. The number of nitrogens with zero attached hydrogens (tertiary/aromatic N) is 2. The van der Waals surface area contributed by atoms with E-state index in [-0.39, 0.29) is 11.9 Å². The zero-order valence-corrected chi connectivity index (χ0v) is 9.38. The van der Waals surface area contributed by atoms with Gasteiger partial charge in [-0.1, -0.05) is 4.68 Å². The molecule has 0 bridgehead atoms. The lowest BCUT2D eigenvalue weighted by Gasteiger charge is -1.99. The second kappa shape index (κ2) is 4.35. The van der Waals surface area contributed by atoms with Gasteiger partial charge in [-0.3, -0.25) is 0 Å². The highest BCUT2D eigenvalue weighted by Gasteiger charge is 2.21. The molecule has 4 heteroatoms. The lowest BCUT2D eigenvalue weighted by atomic mass is 10.2. The van der Waals surface area contributed by atoms with E-state index in [4.69, 9.17) is 4.74 Å². The molecule has 1 aliphatic rings. The van der Waals surface area contributed by atoms with Gasteiger partial charge in [-0.15, -0.1) is 0 Å². The van der Waals surface area contributed by atoms with E-state index in [0.717, 1.165) is 11.3 Å². The molecule has 0 fully saturated rings. The van der Waals surface area contributed by atoms with Crippen LogP contribution in [0, 0.1) is 0 Å². The molecule has 1 heterocycles. The van der Waals surface area contributed by atoms with Crippen molar-refractivity contribution < 1.29 is 14.5 Å². The van der Waals surface area contributed by atoms with Crippen molar-refractivity contribution in [1.82, 2.24) is 0 Å². The third-order valence-corrected chi connectivity index (χ3v) is 2.55. The second-order valence-corrected chi connectivity index (χ2v) is 3.83. The molecule has 0 amide bonds. The Hall–Kier alpha value is -1.84. The fraction of sp³-hybridized carbons (Fsp3) is 0.333. The summed E-state index contributed by atoms with van der Waals surface area (Å²) in [6.45, 7) is 1.98. The zero-order valence-electron chi connectivity index (χ0n) is 9.38. The number of hydrogen-bond acceptors (Lipinski definition) is 3. The smallest absolute Gasteiger partial charge is 0.203 e. The number of rotatable bonds is 2. The Morgan fingerprint density at radius 2 is 2.12 bits per heavy atom. The minimum atomic E-state index is -0.0581. The highest BCUT2D eigenvalue weighted by atomic mass is 16.5. The van der Waals surface area contributed by atoms with Gasteiger partial charge in [-0.25, -0.2) is 0 Å². The van der Waals surface area contributed by atoms with Gasteiger partial charge in [-0.05, 0) is 29.4 Å². The van der Waals surface area contributed by atoms with E-state index in [1.165, 1.54) is 0 Å². The number of methoxy groups -OCH3 is 1. The van der Waals surface area contributed by atoms with Crippen molar-refractivity contribution in [3.8, 4) is 5.75 Å². The average molecular weight is 218 g/mol. The molecule has 1 aromatic rings. The summed E-state index contributed by atoms with van der Waals surface area (Å²) in [5, 5.41) is 15.0. The van der Waals surface area contributed by atoms with Gasteiger partial charge in [0.15, 0.2) is 6.04 Å². The van der Waals surface area contributed by atoms with Crippen molar-refractivity contribution in [3.63, 3.8) is 0 Å². The third-order valence-electron chi connectivity index (χ3n) is 2.55. The Balaban J connectivity index is 2.22. The molecular weight excluding hydrogens is 204 g/mol. The van der Waals surface area contributed by atoms with Gasteiger partial charge in [-0.2, -0.15) is 0 Å². The monoisotopic (exact) mass is 218 g/mol. The zero-order chi connectivity index (χ0) is 11.5. The Labute approximate surface area is 94.5 Å². The van der Waals surface area contributed by atoms with Crippen LogP contribution >= 0.6 is 0 Å². The maximum atomic E-state index is 11.1. The lowest BCUT2D eigenvalue weighted by molar-refractivity contribution is -0.553. The van der Waals surface area contributed by atoms with E-state index in [1.807, 2.05) is 37.4 Å². The molecule has 1 aliphatic heterocycles. The Morgan fingerprint density at radius 3 is 2.62 bits per heavy atom. The second-order valence-electron chi connectivity index (χ2n) is 3.83. The van der Waals surface area contributed by atoms with E-state index in [2.05, 4.69) is 5.10 Å². The topological polar surface area (TPSA) is 47.7 Å². The summed E-state index contributed by atoms with van der Waals surface area (Å²) in [6.07, 6.45) is 2.36. The van der Waals surface area contributed by atoms with Crippen LogP contribution in [0.1, 0.15) is 18.9 Å². The van der Waals surface area contributed by atoms with Crippen molar-refractivity contribution >= 4 is 12.1 Å². The van der Waals surface area contributed by atoms with Crippen LogP contribution in [-0.4, -0.2) is 29.9 Å². The Morgan fingerprint density at radius 1 is 1.44 bits per heavy atom. The molecule has 0 N–H and O–H groups in total. The highest BCUT2D eigenvalue weighted by Crippen LogP contribution is 2.11. The molecular formula is C12H14N2O2. The number of hydrogen-bond donors (Lipinski definition) is 0. The standard InChI is InChI=1S/C12H14N2O2/c1-9-7-12(15)13-14(9)8-10-3-5-11(16-2)6-4-10/h3-6,8-9H,7H2,1-2H3. The first-order valence-corrected chi connectivity index (χ1v) is 5.21. The van der Waals surface area contributed by atoms with Crippen molar-refractivity contribution in [2.75, 3.05) is 7.11 Å². The number of ether oxygens (including phenoxy) is 1. The van der Waals surface area contributed by atoms with Gasteiger partial charge < -0.3 is 9.84 Å². The first-order chi connectivity index (χ1) is 7.69. The summed E-state index contributed by atoms with van der Waals surface area (Å²) in [5.41, 5.74) is 1.01. The molecule has 0 saturated heterocycles. The van der Waals surface area contributed by atoms with Gasteiger partial charge in [0.1, 0.15) is 5.75 Å². The van der Waals surface area contributed by atoms with Crippen molar-refractivity contribution in [2.45, 2.75) is 19.4 Å². The molecule has 0 spiro atoms. The first-order valence-electron chi connectivity index (χ1n) is 5.21. The van der Waals surface area contributed by atoms with Crippen LogP contribution in [0.15, 0.2) is 29.4 Å². The minimum Gasteiger partial charge on any atom is -0.857 e. The summed E-state index contributed by atoms with van der Waals surface area (Å²) in [4.78, 5) is 0. The Bertz CT molecular complexity index is 435. The summed E-state index contributed by atoms with van der Waals surface area (Å²) in [6, 6.07) is 7.78. The summed E-state index contributed by atoms with van der Waals surface area (Å²) >= 11 is 0. The van der Waals surface area contributed by atoms with Gasteiger partial charge in [0, 0.05) is 24.8 Å². The quantitative estimate of drug-likeness (QED) is 0.682. The predicted molar refractivity (Wildman–Crippen MR) is 59.9 cm³/mol. The maximum absolute atomic E-state index is 11.1. The minimum absolute atomic E-state index is 0.0581. The molecule has 0 aromatic heterocycles. The van der Waals surface area contributed by atoms with E-state index in [0.29, 0.717) is 6.42 Å². The molecule has 0 saturated carbocycles. The number of hydrazone groups is 1. The molecule has 1 atom stereocenters. The molecule has 0 aliphatic carbocycles. The van der Waals surface area contributed by atoms with Crippen LogP contribution in [0.2, 0.25) is 0 Å². The van der Waals surface area contributed by atoms with Gasteiger partial charge in [0.25, 0.3) is 0 Å². The third kappa shape index (κ3) is 2.21. The van der Waals surface area contributed by atoms with Gasteiger partial charge in [0.2, 0.25) is 6.21 Å². The van der Waals surface area contributed by atoms with Crippen LogP contribution in [-0.2, 0) is 0 Å². The van der Waals surface area contributed by atoms with Crippen LogP contribution in [0.4, 0.5) is 0 Å². The largest absolute Gasteiger partial charge is 0.857 e. The fourth-order valence-corrected chi connectivity index (χ4v) is 1.61. The van der Waals surface area contributed by atoms with E-state index >= 15 is 0 Å². The molecule has 1 unspecified atom stereocenters. The Kier molecular flexibility index (Phi) is 2.90. The lowest BCUT2D eigenvalue weighted by Crippen LogP contribution is -2.17. The van der Waals surface area contributed by atoms with Crippen LogP contribution in [0.3, 0.4) is 0 Å². The van der Waals surface area contributed by atoms with Crippen LogP contribution < -0.4 is 9.84 Å². The summed E-state index contributed by atoms with van der Waals surface area (Å²) < 4.78 is 6.78. The van der Waals surface area contributed by atoms with Crippen LogP contribution in [0.25, 0.3) is 0 Å². The summed E-state index contributed by atoms with van der Waals surface area (Å²) in [7, 11) is 1.63.